The SMILES string of the molecule is CCOC(=O)c1cc2c(CN(C)C)c(O)c(OC)cc2nc1CSc1ccccc1OC. The number of phenols is 1. The molecule has 1 aromatic heterocycles. The van der Waals surface area contributed by atoms with Crippen molar-refractivity contribution in [1.29, 1.82) is 0 Å². The first-order valence-corrected chi connectivity index (χ1v) is 11.2. The van der Waals surface area contributed by atoms with Gasteiger partial charge in [0.1, 0.15) is 5.75 Å². The molecule has 0 spiro atoms. The second-order valence-corrected chi connectivity index (χ2v) is 8.37. The largest absolute Gasteiger partial charge is 0.504 e. The average molecular weight is 457 g/mol. The number of carbonyl (C=O) groups is 1. The summed E-state index contributed by atoms with van der Waals surface area (Å²) in [5.41, 5.74) is 2.26. The first-order valence-electron chi connectivity index (χ1n) is 10.2. The summed E-state index contributed by atoms with van der Waals surface area (Å²) in [6, 6.07) is 11.2. The molecule has 2 aromatic carbocycles. The number of para-hydroxylation sites is 1. The summed E-state index contributed by atoms with van der Waals surface area (Å²) >= 11 is 1.53. The van der Waals surface area contributed by atoms with Gasteiger partial charge in [-0.3, -0.25) is 4.98 Å². The molecule has 0 unspecified atom stereocenters. The van der Waals surface area contributed by atoms with E-state index in [0.29, 0.717) is 45.8 Å². The Labute approximate surface area is 192 Å². The van der Waals surface area contributed by atoms with Gasteiger partial charge in [-0.05, 0) is 39.2 Å². The van der Waals surface area contributed by atoms with E-state index >= 15 is 0 Å². The second-order valence-electron chi connectivity index (χ2n) is 7.35. The molecule has 0 saturated carbocycles. The molecule has 0 fully saturated rings. The molecule has 0 aliphatic carbocycles. The summed E-state index contributed by atoms with van der Waals surface area (Å²) in [6.07, 6.45) is 0. The number of ether oxygens (including phenoxy) is 3. The van der Waals surface area contributed by atoms with E-state index in [1.54, 1.807) is 26.2 Å². The van der Waals surface area contributed by atoms with Crippen LogP contribution in [0.4, 0.5) is 0 Å². The Hall–Kier alpha value is -2.97. The highest BCUT2D eigenvalue weighted by Crippen LogP contribution is 2.38. The fourth-order valence-corrected chi connectivity index (χ4v) is 4.38. The predicted octanol–water partition coefficient (Wildman–Crippen LogP) is 4.49. The Bertz CT molecular complexity index is 1120. The Balaban J connectivity index is 2.14. The van der Waals surface area contributed by atoms with Crippen molar-refractivity contribution in [2.75, 3.05) is 34.9 Å². The number of fused-ring (bicyclic) bond motifs is 1. The highest BCUT2D eigenvalue weighted by molar-refractivity contribution is 7.98. The lowest BCUT2D eigenvalue weighted by atomic mass is 10.0. The molecule has 3 aromatic rings. The molecule has 7 nitrogen and oxygen atoms in total. The van der Waals surface area contributed by atoms with Crippen LogP contribution in [0.15, 0.2) is 41.3 Å². The van der Waals surface area contributed by atoms with Gasteiger partial charge >= 0.3 is 5.97 Å². The normalized spacial score (nSPS) is 11.1. The molecule has 0 saturated heterocycles. The number of hydrogen-bond donors (Lipinski definition) is 1. The minimum atomic E-state index is -0.441. The van der Waals surface area contributed by atoms with Gasteiger partial charge in [-0.15, -0.1) is 11.8 Å². The van der Waals surface area contributed by atoms with Crippen molar-refractivity contribution in [1.82, 2.24) is 9.88 Å². The zero-order chi connectivity index (χ0) is 23.3. The molecule has 170 valence electrons. The molecule has 0 amide bonds. The predicted molar refractivity (Wildman–Crippen MR) is 126 cm³/mol. The summed E-state index contributed by atoms with van der Waals surface area (Å²) in [7, 11) is 6.94. The van der Waals surface area contributed by atoms with Crippen LogP contribution in [0, 0.1) is 0 Å². The third-order valence-corrected chi connectivity index (χ3v) is 5.93. The Morgan fingerprint density at radius 3 is 2.50 bits per heavy atom. The lowest BCUT2D eigenvalue weighted by molar-refractivity contribution is 0.0525. The van der Waals surface area contributed by atoms with Crippen LogP contribution in [0.5, 0.6) is 17.2 Å². The van der Waals surface area contributed by atoms with Gasteiger partial charge in [-0.1, -0.05) is 12.1 Å². The van der Waals surface area contributed by atoms with Crippen LogP contribution in [0.2, 0.25) is 0 Å². The zero-order valence-corrected chi connectivity index (χ0v) is 19.8. The fourth-order valence-electron chi connectivity index (χ4n) is 3.40. The number of rotatable bonds is 9. The summed E-state index contributed by atoms with van der Waals surface area (Å²) < 4.78 is 16.1. The Kier molecular flexibility index (Phi) is 7.82. The number of pyridine rings is 1. The monoisotopic (exact) mass is 456 g/mol. The number of carbonyl (C=O) groups excluding carboxylic acids is 1. The van der Waals surface area contributed by atoms with Gasteiger partial charge in [-0.2, -0.15) is 0 Å². The maximum atomic E-state index is 12.8. The van der Waals surface area contributed by atoms with Gasteiger partial charge < -0.3 is 24.2 Å². The zero-order valence-electron chi connectivity index (χ0n) is 19.0. The molecule has 0 aliphatic heterocycles. The van der Waals surface area contributed by atoms with Crippen molar-refractivity contribution in [3.8, 4) is 17.2 Å². The fraction of sp³-hybridized carbons (Fsp3) is 0.333. The van der Waals surface area contributed by atoms with Crippen molar-refractivity contribution in [3.05, 3.63) is 53.2 Å². The van der Waals surface area contributed by atoms with Crippen molar-refractivity contribution in [2.24, 2.45) is 0 Å². The van der Waals surface area contributed by atoms with Gasteiger partial charge in [0.25, 0.3) is 0 Å². The molecule has 1 heterocycles. The summed E-state index contributed by atoms with van der Waals surface area (Å²) in [5.74, 6) is 1.14. The molecule has 0 bridgehead atoms. The first kappa shape index (κ1) is 23.7. The number of phenolic OH excluding ortho intramolecular Hbond substituents is 1. The third-order valence-electron chi connectivity index (χ3n) is 4.87. The van der Waals surface area contributed by atoms with Crippen LogP contribution in [-0.4, -0.2) is 55.9 Å². The number of aromatic nitrogens is 1. The number of aromatic hydroxyl groups is 1. The molecular weight excluding hydrogens is 428 g/mol. The summed E-state index contributed by atoms with van der Waals surface area (Å²) in [4.78, 5) is 20.5. The Morgan fingerprint density at radius 2 is 1.84 bits per heavy atom. The topological polar surface area (TPSA) is 81.1 Å². The number of esters is 1. The summed E-state index contributed by atoms with van der Waals surface area (Å²) in [6.45, 7) is 2.48. The van der Waals surface area contributed by atoms with Crippen LogP contribution in [-0.2, 0) is 17.0 Å². The van der Waals surface area contributed by atoms with E-state index < -0.39 is 5.97 Å². The number of methoxy groups -OCH3 is 2. The van der Waals surface area contributed by atoms with Gasteiger partial charge in [0.2, 0.25) is 0 Å². The van der Waals surface area contributed by atoms with E-state index in [4.69, 9.17) is 19.2 Å². The molecule has 8 heteroatoms. The third kappa shape index (κ3) is 5.08. The number of hydrogen-bond acceptors (Lipinski definition) is 8. The lowest BCUT2D eigenvalue weighted by Gasteiger charge is -2.18. The lowest BCUT2D eigenvalue weighted by Crippen LogP contribution is -2.13. The van der Waals surface area contributed by atoms with E-state index in [2.05, 4.69) is 0 Å². The van der Waals surface area contributed by atoms with Gasteiger partial charge in [0, 0.05) is 34.2 Å². The van der Waals surface area contributed by atoms with Gasteiger partial charge in [0.15, 0.2) is 11.5 Å². The van der Waals surface area contributed by atoms with E-state index in [1.807, 2.05) is 43.3 Å². The molecular formula is C24H28N2O5S. The second kappa shape index (κ2) is 10.6. The van der Waals surface area contributed by atoms with E-state index in [1.165, 1.54) is 18.9 Å². The van der Waals surface area contributed by atoms with Crippen LogP contribution in [0.1, 0.15) is 28.5 Å². The van der Waals surface area contributed by atoms with Gasteiger partial charge in [-0.25, -0.2) is 4.79 Å². The van der Waals surface area contributed by atoms with E-state index in [-0.39, 0.29) is 12.4 Å². The maximum Gasteiger partial charge on any atom is 0.340 e. The molecule has 1 N–H and O–H groups in total. The van der Waals surface area contributed by atoms with Crippen molar-refractivity contribution in [2.45, 2.75) is 24.1 Å². The molecule has 32 heavy (non-hydrogen) atoms. The minimum Gasteiger partial charge on any atom is -0.504 e. The van der Waals surface area contributed by atoms with E-state index in [9.17, 15) is 9.90 Å². The molecule has 0 atom stereocenters. The minimum absolute atomic E-state index is 0.0430. The van der Waals surface area contributed by atoms with Crippen LogP contribution >= 0.6 is 11.8 Å². The first-order chi connectivity index (χ1) is 15.4. The van der Waals surface area contributed by atoms with Crippen LogP contribution < -0.4 is 9.47 Å². The summed E-state index contributed by atoms with van der Waals surface area (Å²) in [5, 5.41) is 11.4. The highest BCUT2D eigenvalue weighted by atomic mass is 32.2. The number of nitrogens with zero attached hydrogens (tertiary/aromatic N) is 2. The van der Waals surface area contributed by atoms with Crippen molar-refractivity contribution in [3.63, 3.8) is 0 Å². The Morgan fingerprint density at radius 1 is 1.12 bits per heavy atom. The highest BCUT2D eigenvalue weighted by Gasteiger charge is 2.21. The maximum absolute atomic E-state index is 12.8. The quantitative estimate of drug-likeness (QED) is 0.373. The van der Waals surface area contributed by atoms with E-state index in [0.717, 1.165) is 10.6 Å². The number of benzene rings is 2. The van der Waals surface area contributed by atoms with Crippen LogP contribution in [0.3, 0.4) is 0 Å². The average Bonchev–Trinajstić information content (AvgIpc) is 2.78. The van der Waals surface area contributed by atoms with Gasteiger partial charge in [0.05, 0.1) is 37.6 Å². The molecule has 0 aliphatic rings. The van der Waals surface area contributed by atoms with Crippen LogP contribution in [0.25, 0.3) is 10.9 Å². The van der Waals surface area contributed by atoms with Crippen molar-refractivity contribution < 1.29 is 24.1 Å². The molecule has 0 radical (unpaired) electrons. The smallest absolute Gasteiger partial charge is 0.340 e. The molecule has 3 rings (SSSR count). The number of thioether (sulfide) groups is 1. The van der Waals surface area contributed by atoms with Crippen molar-refractivity contribution >= 4 is 28.6 Å². The standard InChI is InChI=1S/C24H28N2O5S/c1-6-31-24(28)16-11-15-17(13-26(2)3)23(27)21(30-5)12-18(15)25-19(16)14-32-22-10-8-7-9-20(22)29-4/h7-12,27H,6,13-14H2,1-5H3.